The van der Waals surface area contributed by atoms with Crippen molar-refractivity contribution in [2.24, 2.45) is 5.92 Å². The first kappa shape index (κ1) is 15.4. The zero-order valence-electron chi connectivity index (χ0n) is 13.5. The second kappa shape index (κ2) is 6.73. The Morgan fingerprint density at radius 3 is 2.52 bits per heavy atom. The summed E-state index contributed by atoms with van der Waals surface area (Å²) in [6.45, 7) is 5.47. The Balaban J connectivity index is 1.56. The van der Waals surface area contributed by atoms with Crippen LogP contribution in [0.1, 0.15) is 24.2 Å². The maximum atomic E-state index is 12.4. The van der Waals surface area contributed by atoms with Crippen LogP contribution in [0.15, 0.2) is 30.3 Å². The van der Waals surface area contributed by atoms with E-state index in [4.69, 9.17) is 0 Å². The molecule has 0 atom stereocenters. The zero-order chi connectivity index (χ0) is 16.2. The van der Waals surface area contributed by atoms with Gasteiger partial charge < -0.3 is 10.2 Å². The van der Waals surface area contributed by atoms with Gasteiger partial charge in [0.2, 0.25) is 5.91 Å². The van der Waals surface area contributed by atoms with Gasteiger partial charge in [0.05, 0.1) is 5.69 Å². The van der Waals surface area contributed by atoms with Crippen LogP contribution in [0.2, 0.25) is 0 Å². The second-order valence-corrected chi connectivity index (χ2v) is 5.95. The molecule has 0 saturated carbocycles. The van der Waals surface area contributed by atoms with Crippen LogP contribution in [0.3, 0.4) is 0 Å². The number of nitrogens with zero attached hydrogens (tertiary/aromatic N) is 4. The Kier molecular flexibility index (Phi) is 4.50. The van der Waals surface area contributed by atoms with Gasteiger partial charge in [0.15, 0.2) is 5.82 Å². The Bertz CT molecular complexity index is 678. The molecule has 6 heteroatoms. The average molecular weight is 311 g/mol. The van der Waals surface area contributed by atoms with Crippen LogP contribution in [0, 0.1) is 19.8 Å². The predicted molar refractivity (Wildman–Crippen MR) is 89.3 cm³/mol. The maximum Gasteiger partial charge on any atom is 0.228 e. The Morgan fingerprint density at radius 1 is 1.09 bits per heavy atom. The van der Waals surface area contributed by atoms with Crippen LogP contribution >= 0.6 is 0 Å². The number of carbonyl (C=O) groups excluding carboxylic acids is 1. The molecule has 6 nitrogen and oxygen atoms in total. The van der Waals surface area contributed by atoms with Crippen LogP contribution < -0.4 is 10.2 Å². The van der Waals surface area contributed by atoms with Crippen molar-refractivity contribution in [2.75, 3.05) is 23.3 Å². The van der Waals surface area contributed by atoms with Gasteiger partial charge in [-0.2, -0.15) is 5.10 Å². The minimum atomic E-state index is 0.0203. The van der Waals surface area contributed by atoms with Gasteiger partial charge in [-0.25, -0.2) is 4.98 Å². The summed E-state index contributed by atoms with van der Waals surface area (Å²) in [6, 6.07) is 9.58. The number of rotatable bonds is 3. The van der Waals surface area contributed by atoms with E-state index in [-0.39, 0.29) is 11.8 Å². The van der Waals surface area contributed by atoms with Crippen LogP contribution in [-0.4, -0.2) is 34.2 Å². The summed E-state index contributed by atoms with van der Waals surface area (Å²) in [7, 11) is 0. The zero-order valence-corrected chi connectivity index (χ0v) is 13.5. The Morgan fingerprint density at radius 2 is 1.87 bits per heavy atom. The predicted octanol–water partition coefficient (Wildman–Crippen LogP) is 2.34. The van der Waals surface area contributed by atoms with E-state index >= 15 is 0 Å². The summed E-state index contributed by atoms with van der Waals surface area (Å²) in [4.78, 5) is 18.9. The van der Waals surface area contributed by atoms with Gasteiger partial charge in [-0.15, -0.1) is 5.10 Å². The number of aromatic nitrogens is 3. The van der Waals surface area contributed by atoms with Crippen molar-refractivity contribution in [3.63, 3.8) is 0 Å². The molecule has 23 heavy (non-hydrogen) atoms. The Hall–Kier alpha value is -2.50. The minimum Gasteiger partial charge on any atom is -0.355 e. The van der Waals surface area contributed by atoms with Crippen molar-refractivity contribution in [1.29, 1.82) is 0 Å². The molecule has 2 aromatic heterocycles. The highest BCUT2D eigenvalue weighted by molar-refractivity contribution is 5.91. The highest BCUT2D eigenvalue weighted by Gasteiger charge is 2.26. The maximum absolute atomic E-state index is 12.4. The van der Waals surface area contributed by atoms with Gasteiger partial charge >= 0.3 is 0 Å². The van der Waals surface area contributed by atoms with Crippen molar-refractivity contribution < 1.29 is 4.79 Å². The fourth-order valence-corrected chi connectivity index (χ4v) is 2.77. The topological polar surface area (TPSA) is 71.0 Å². The summed E-state index contributed by atoms with van der Waals surface area (Å²) in [5.41, 5.74) is 1.81. The number of hydrogen-bond acceptors (Lipinski definition) is 5. The number of carbonyl (C=O) groups is 1. The first-order chi connectivity index (χ1) is 11.1. The molecular weight excluding hydrogens is 290 g/mol. The van der Waals surface area contributed by atoms with Crippen LogP contribution in [0.5, 0.6) is 0 Å². The van der Waals surface area contributed by atoms with E-state index in [1.54, 1.807) is 0 Å². The fraction of sp³-hybridized carbons (Fsp3) is 0.412. The normalized spacial score (nSPS) is 15.5. The summed E-state index contributed by atoms with van der Waals surface area (Å²) in [6.07, 6.45) is 1.63. The van der Waals surface area contributed by atoms with Gasteiger partial charge in [0.1, 0.15) is 5.82 Å². The molecular formula is C17H21N5O. The number of anilines is 2. The Labute approximate surface area is 136 Å². The van der Waals surface area contributed by atoms with Crippen LogP contribution in [-0.2, 0) is 4.79 Å². The van der Waals surface area contributed by atoms with Gasteiger partial charge in [0, 0.05) is 24.7 Å². The monoisotopic (exact) mass is 311 g/mol. The lowest BCUT2D eigenvalue weighted by molar-refractivity contribution is -0.120. The summed E-state index contributed by atoms with van der Waals surface area (Å²) in [5, 5.41) is 11.2. The smallest absolute Gasteiger partial charge is 0.228 e. The lowest BCUT2D eigenvalue weighted by Gasteiger charge is -2.31. The molecule has 0 bridgehead atoms. The molecule has 1 amide bonds. The molecule has 0 radical (unpaired) electrons. The van der Waals surface area contributed by atoms with Crippen molar-refractivity contribution >= 4 is 17.5 Å². The molecule has 1 aliphatic rings. The average Bonchev–Trinajstić information content (AvgIpc) is 2.56. The first-order valence-corrected chi connectivity index (χ1v) is 7.91. The van der Waals surface area contributed by atoms with Crippen molar-refractivity contribution in [1.82, 2.24) is 15.2 Å². The first-order valence-electron chi connectivity index (χ1n) is 7.91. The lowest BCUT2D eigenvalue weighted by atomic mass is 9.96. The molecule has 0 aromatic carbocycles. The molecule has 1 fully saturated rings. The molecule has 3 heterocycles. The SMILES string of the molecule is Cc1ccc(N2CCC(C(=O)Nc3cccc(C)n3)CC2)nn1. The summed E-state index contributed by atoms with van der Waals surface area (Å²) in [5.74, 6) is 1.58. The number of piperidine rings is 1. The molecule has 1 N–H and O–H groups in total. The van der Waals surface area contributed by atoms with E-state index in [1.807, 2.05) is 44.2 Å². The molecule has 120 valence electrons. The van der Waals surface area contributed by atoms with E-state index in [2.05, 4.69) is 25.4 Å². The quantitative estimate of drug-likeness (QED) is 0.942. The molecule has 1 aliphatic heterocycles. The number of hydrogen-bond donors (Lipinski definition) is 1. The molecule has 3 rings (SSSR count). The molecule has 0 aliphatic carbocycles. The molecule has 0 unspecified atom stereocenters. The number of nitrogens with one attached hydrogen (secondary N) is 1. The summed E-state index contributed by atoms with van der Waals surface area (Å²) < 4.78 is 0. The van der Waals surface area contributed by atoms with Gasteiger partial charge in [-0.05, 0) is 51.0 Å². The lowest BCUT2D eigenvalue weighted by Crippen LogP contribution is -2.38. The van der Waals surface area contributed by atoms with Crippen LogP contribution in [0.25, 0.3) is 0 Å². The molecule has 2 aromatic rings. The van der Waals surface area contributed by atoms with Crippen molar-refractivity contribution in [3.8, 4) is 0 Å². The van der Waals surface area contributed by atoms with Gasteiger partial charge in [-0.1, -0.05) is 6.07 Å². The van der Waals surface area contributed by atoms with E-state index < -0.39 is 0 Å². The highest BCUT2D eigenvalue weighted by Crippen LogP contribution is 2.22. The second-order valence-electron chi connectivity index (χ2n) is 5.95. The number of aryl methyl sites for hydroxylation is 2. The largest absolute Gasteiger partial charge is 0.355 e. The van der Waals surface area contributed by atoms with Crippen molar-refractivity contribution in [3.05, 3.63) is 41.7 Å². The molecule has 1 saturated heterocycles. The van der Waals surface area contributed by atoms with E-state index in [9.17, 15) is 4.79 Å². The number of pyridine rings is 1. The van der Waals surface area contributed by atoms with E-state index in [0.717, 1.165) is 43.1 Å². The van der Waals surface area contributed by atoms with Gasteiger partial charge in [0.25, 0.3) is 0 Å². The minimum absolute atomic E-state index is 0.0203. The standard InChI is InChI=1S/C17H21N5O/c1-12-4-3-5-15(18-12)19-17(23)14-8-10-22(11-9-14)16-7-6-13(2)20-21-16/h3-7,14H,8-11H2,1-2H3,(H,18,19,23). The third-order valence-corrected chi connectivity index (χ3v) is 4.11. The fourth-order valence-electron chi connectivity index (χ4n) is 2.77. The number of amides is 1. The summed E-state index contributed by atoms with van der Waals surface area (Å²) >= 11 is 0. The van der Waals surface area contributed by atoms with E-state index in [0.29, 0.717) is 5.82 Å². The molecule has 0 spiro atoms. The van der Waals surface area contributed by atoms with Crippen LogP contribution in [0.4, 0.5) is 11.6 Å². The van der Waals surface area contributed by atoms with Gasteiger partial charge in [-0.3, -0.25) is 4.79 Å². The third-order valence-electron chi connectivity index (χ3n) is 4.11. The third kappa shape index (κ3) is 3.83. The van der Waals surface area contributed by atoms with E-state index in [1.165, 1.54) is 0 Å². The highest BCUT2D eigenvalue weighted by atomic mass is 16.1. The van der Waals surface area contributed by atoms with Crippen molar-refractivity contribution in [2.45, 2.75) is 26.7 Å².